The quantitative estimate of drug-likeness (QED) is 0.399. The first-order valence-electron chi connectivity index (χ1n) is 7.96. The predicted octanol–water partition coefficient (Wildman–Crippen LogP) is 1.72. The van der Waals surface area contributed by atoms with Gasteiger partial charge in [0.05, 0.1) is 19.3 Å². The number of aliphatic hydroxyl groups excluding tert-OH is 2. The van der Waals surface area contributed by atoms with E-state index in [1.165, 1.54) is 0 Å². The summed E-state index contributed by atoms with van der Waals surface area (Å²) in [5.41, 5.74) is 0. The van der Waals surface area contributed by atoms with Crippen molar-refractivity contribution in [1.29, 1.82) is 0 Å². The monoisotopic (exact) mass is 285 g/mol. The summed E-state index contributed by atoms with van der Waals surface area (Å²) < 4.78 is 5.64. The summed E-state index contributed by atoms with van der Waals surface area (Å²) in [6.07, 6.45) is 9.23. The van der Waals surface area contributed by atoms with Gasteiger partial charge in [-0.25, -0.2) is 0 Å². The highest BCUT2D eigenvalue weighted by molar-refractivity contribution is 4.93. The summed E-state index contributed by atoms with van der Waals surface area (Å²) in [6, 6.07) is 0. The topological polar surface area (TPSA) is 61.7 Å². The number of unbranched alkanes of at least 4 members (excludes halogenated alkanes) is 2. The third-order valence-corrected chi connectivity index (χ3v) is 3.95. The molecule has 0 spiro atoms. The molecule has 0 radical (unpaired) electrons. The molecule has 4 nitrogen and oxygen atoms in total. The smallest absolute Gasteiger partial charge is 0.0897 e. The lowest BCUT2D eigenvalue weighted by Crippen LogP contribution is -2.32. The van der Waals surface area contributed by atoms with E-state index in [2.05, 4.69) is 24.4 Å². The minimum absolute atomic E-state index is 0.269. The van der Waals surface area contributed by atoms with Gasteiger partial charge in [-0.2, -0.15) is 0 Å². The molecule has 3 unspecified atom stereocenters. The molecule has 0 aromatic rings. The second-order valence-corrected chi connectivity index (χ2v) is 5.86. The fraction of sp³-hybridized carbons (Fsp3) is 0.875. The van der Waals surface area contributed by atoms with Gasteiger partial charge < -0.3 is 20.3 Å². The van der Waals surface area contributed by atoms with Crippen LogP contribution in [-0.2, 0) is 4.74 Å². The maximum Gasteiger partial charge on any atom is 0.0897 e. The van der Waals surface area contributed by atoms with E-state index >= 15 is 0 Å². The number of hydrogen-bond acceptors (Lipinski definition) is 4. The minimum atomic E-state index is -0.428. The Morgan fingerprint density at radius 1 is 1.25 bits per heavy atom. The lowest BCUT2D eigenvalue weighted by molar-refractivity contribution is 0.0129. The van der Waals surface area contributed by atoms with Crippen molar-refractivity contribution in [3.05, 3.63) is 12.2 Å². The number of nitrogens with one attached hydrogen (secondary N) is 1. The van der Waals surface area contributed by atoms with Crippen LogP contribution in [0.3, 0.4) is 0 Å². The van der Waals surface area contributed by atoms with Crippen molar-refractivity contribution in [2.45, 2.75) is 45.1 Å². The maximum atomic E-state index is 9.81. The van der Waals surface area contributed by atoms with Gasteiger partial charge in [0.2, 0.25) is 0 Å². The summed E-state index contributed by atoms with van der Waals surface area (Å²) >= 11 is 0. The third-order valence-electron chi connectivity index (χ3n) is 3.95. The average Bonchev–Trinajstić information content (AvgIpc) is 2.45. The van der Waals surface area contributed by atoms with E-state index in [0.717, 1.165) is 45.3 Å². The molecule has 0 heterocycles. The Hall–Kier alpha value is -0.420. The van der Waals surface area contributed by atoms with Crippen molar-refractivity contribution in [3.8, 4) is 0 Å². The molecular formula is C16H31NO3. The molecule has 1 aliphatic rings. The molecule has 1 aliphatic carbocycles. The molecule has 0 amide bonds. The Morgan fingerprint density at radius 2 is 2.05 bits per heavy atom. The molecule has 3 N–H and O–H groups in total. The van der Waals surface area contributed by atoms with E-state index in [4.69, 9.17) is 9.84 Å². The molecule has 0 saturated heterocycles. The highest BCUT2D eigenvalue weighted by Gasteiger charge is 2.18. The van der Waals surface area contributed by atoms with Crippen LogP contribution in [0.2, 0.25) is 0 Å². The van der Waals surface area contributed by atoms with Gasteiger partial charge in [-0.3, -0.25) is 0 Å². The summed E-state index contributed by atoms with van der Waals surface area (Å²) in [7, 11) is 0. The highest BCUT2D eigenvalue weighted by atomic mass is 16.5. The van der Waals surface area contributed by atoms with E-state index in [9.17, 15) is 5.11 Å². The van der Waals surface area contributed by atoms with Crippen LogP contribution in [0.15, 0.2) is 12.2 Å². The molecule has 20 heavy (non-hydrogen) atoms. The third kappa shape index (κ3) is 8.00. The van der Waals surface area contributed by atoms with E-state index < -0.39 is 6.10 Å². The van der Waals surface area contributed by atoms with E-state index in [1.54, 1.807) is 0 Å². The van der Waals surface area contributed by atoms with Crippen LogP contribution < -0.4 is 5.32 Å². The van der Waals surface area contributed by atoms with Crippen molar-refractivity contribution in [1.82, 2.24) is 5.32 Å². The van der Waals surface area contributed by atoms with Crippen LogP contribution in [0, 0.1) is 11.8 Å². The second-order valence-electron chi connectivity index (χ2n) is 5.86. The number of allylic oxidation sites excluding steroid dienone is 2. The summed E-state index contributed by atoms with van der Waals surface area (Å²) in [4.78, 5) is 0. The first-order valence-corrected chi connectivity index (χ1v) is 7.96. The molecule has 0 saturated carbocycles. The summed E-state index contributed by atoms with van der Waals surface area (Å²) in [5.74, 6) is 1.28. The highest BCUT2D eigenvalue weighted by Crippen LogP contribution is 2.24. The van der Waals surface area contributed by atoms with Gasteiger partial charge in [-0.05, 0) is 50.5 Å². The van der Waals surface area contributed by atoms with Gasteiger partial charge in [0, 0.05) is 13.2 Å². The lowest BCUT2D eigenvalue weighted by Gasteiger charge is -2.25. The van der Waals surface area contributed by atoms with Gasteiger partial charge in [-0.15, -0.1) is 0 Å². The largest absolute Gasteiger partial charge is 0.396 e. The van der Waals surface area contributed by atoms with Crippen molar-refractivity contribution >= 4 is 0 Å². The molecule has 1 rings (SSSR count). The molecule has 3 atom stereocenters. The summed E-state index contributed by atoms with van der Waals surface area (Å²) in [6.45, 7) is 5.17. The van der Waals surface area contributed by atoms with Crippen LogP contribution in [-0.4, -0.2) is 49.2 Å². The van der Waals surface area contributed by atoms with Gasteiger partial charge in [0.1, 0.15) is 0 Å². The average molecular weight is 285 g/mol. The number of rotatable bonds is 11. The molecule has 0 aromatic heterocycles. The van der Waals surface area contributed by atoms with Crippen LogP contribution in [0.1, 0.15) is 39.0 Å². The SMILES string of the molecule is CC1CC=CCC1COCC(O)CNCCCCCO. The van der Waals surface area contributed by atoms with Crippen molar-refractivity contribution in [2.24, 2.45) is 11.8 Å². The molecular weight excluding hydrogens is 254 g/mol. The van der Waals surface area contributed by atoms with E-state index in [0.29, 0.717) is 25.0 Å². The second kappa shape index (κ2) is 11.3. The molecule has 0 aromatic carbocycles. The first-order chi connectivity index (χ1) is 9.74. The molecule has 118 valence electrons. The zero-order valence-electron chi connectivity index (χ0n) is 12.8. The van der Waals surface area contributed by atoms with Crippen LogP contribution >= 0.6 is 0 Å². The molecule has 4 heteroatoms. The molecule has 0 fully saturated rings. The Kier molecular flexibility index (Phi) is 9.93. The predicted molar refractivity (Wildman–Crippen MR) is 81.7 cm³/mol. The number of hydrogen-bond donors (Lipinski definition) is 3. The standard InChI is InChI=1S/C16H31NO3/c1-14-7-3-4-8-15(14)12-20-13-16(19)11-17-9-5-2-6-10-18/h3-4,14-19H,2,5-13H2,1H3. The Morgan fingerprint density at radius 3 is 2.80 bits per heavy atom. The van der Waals surface area contributed by atoms with Gasteiger partial charge in [0.25, 0.3) is 0 Å². The maximum absolute atomic E-state index is 9.81. The molecule has 0 aliphatic heterocycles. The van der Waals surface area contributed by atoms with Gasteiger partial charge >= 0.3 is 0 Å². The Balaban J connectivity index is 1.94. The van der Waals surface area contributed by atoms with Crippen LogP contribution in [0.4, 0.5) is 0 Å². The summed E-state index contributed by atoms with van der Waals surface area (Å²) in [5, 5.41) is 21.7. The normalized spacial score (nSPS) is 23.9. The zero-order valence-corrected chi connectivity index (χ0v) is 12.8. The van der Waals surface area contributed by atoms with Crippen molar-refractivity contribution < 1.29 is 14.9 Å². The lowest BCUT2D eigenvalue weighted by atomic mass is 9.85. The Labute approximate surface area is 123 Å². The number of aliphatic hydroxyl groups is 2. The van der Waals surface area contributed by atoms with Gasteiger partial charge in [0.15, 0.2) is 0 Å². The van der Waals surface area contributed by atoms with E-state index in [-0.39, 0.29) is 6.61 Å². The number of ether oxygens (including phenoxy) is 1. The van der Waals surface area contributed by atoms with Crippen molar-refractivity contribution in [2.75, 3.05) is 32.9 Å². The Bertz CT molecular complexity index is 258. The van der Waals surface area contributed by atoms with E-state index in [1.807, 2.05) is 0 Å². The van der Waals surface area contributed by atoms with Crippen LogP contribution in [0.25, 0.3) is 0 Å². The van der Waals surface area contributed by atoms with Gasteiger partial charge in [-0.1, -0.05) is 19.1 Å². The fourth-order valence-corrected chi connectivity index (χ4v) is 2.46. The zero-order chi connectivity index (χ0) is 14.6. The fourth-order valence-electron chi connectivity index (χ4n) is 2.46. The molecule has 0 bridgehead atoms. The minimum Gasteiger partial charge on any atom is -0.396 e. The first kappa shape index (κ1) is 17.6. The van der Waals surface area contributed by atoms with Crippen molar-refractivity contribution in [3.63, 3.8) is 0 Å². The van der Waals surface area contributed by atoms with Crippen LogP contribution in [0.5, 0.6) is 0 Å².